The van der Waals surface area contributed by atoms with E-state index in [-0.39, 0.29) is 17.5 Å². The molecule has 0 spiro atoms. The Balaban J connectivity index is 1.51. The highest BCUT2D eigenvalue weighted by molar-refractivity contribution is 6.08. The van der Waals surface area contributed by atoms with Crippen LogP contribution in [-0.2, 0) is 11.3 Å². The van der Waals surface area contributed by atoms with Crippen LogP contribution >= 0.6 is 0 Å². The Morgan fingerprint density at radius 1 is 0.971 bits per heavy atom. The number of ether oxygens (including phenoxy) is 1. The van der Waals surface area contributed by atoms with Crippen LogP contribution in [0.4, 0.5) is 16.2 Å². The Hall–Kier alpha value is -4.13. The van der Waals surface area contributed by atoms with Crippen molar-refractivity contribution in [1.29, 1.82) is 0 Å². The number of carbonyl (C=O) groups excluding carboxylic acids is 3. The summed E-state index contributed by atoms with van der Waals surface area (Å²) in [6.45, 7) is 3.85. The average Bonchev–Trinajstić information content (AvgIpc) is 2.85. The first-order chi connectivity index (χ1) is 16.5. The number of hydrogen-bond acceptors (Lipinski definition) is 4. The first kappa shape index (κ1) is 23.0. The number of amides is 3. The molecule has 1 aliphatic heterocycles. The van der Waals surface area contributed by atoms with Gasteiger partial charge in [-0.1, -0.05) is 48.0 Å². The molecule has 3 aromatic rings. The fraction of sp³-hybridized carbons (Fsp3) is 0.222. The number of carbonyl (C=O) groups is 3. The molecule has 1 N–H and O–H groups in total. The van der Waals surface area contributed by atoms with E-state index in [0.717, 1.165) is 17.5 Å². The molecule has 0 unspecified atom stereocenters. The number of hydrogen-bond donors (Lipinski definition) is 1. The molecule has 1 aliphatic rings. The lowest BCUT2D eigenvalue weighted by Crippen LogP contribution is -2.49. The molecule has 3 amide bonds. The van der Waals surface area contributed by atoms with E-state index in [2.05, 4.69) is 11.4 Å². The lowest BCUT2D eigenvalue weighted by molar-refractivity contribution is 0.0602. The summed E-state index contributed by atoms with van der Waals surface area (Å²) in [5, 5.41) is 2.78. The van der Waals surface area contributed by atoms with Gasteiger partial charge in [0, 0.05) is 30.9 Å². The van der Waals surface area contributed by atoms with Crippen molar-refractivity contribution in [1.82, 2.24) is 4.90 Å². The highest BCUT2D eigenvalue weighted by atomic mass is 16.5. The summed E-state index contributed by atoms with van der Waals surface area (Å²) >= 11 is 0. The molecule has 4 rings (SSSR count). The van der Waals surface area contributed by atoms with E-state index in [1.54, 1.807) is 47.4 Å². The fourth-order valence-corrected chi connectivity index (χ4v) is 4.09. The van der Waals surface area contributed by atoms with Gasteiger partial charge in [0.1, 0.15) is 0 Å². The highest BCUT2D eigenvalue weighted by Crippen LogP contribution is 2.24. The molecule has 7 heteroatoms. The molecule has 1 heterocycles. The third-order valence-electron chi connectivity index (χ3n) is 5.77. The van der Waals surface area contributed by atoms with Crippen molar-refractivity contribution >= 4 is 29.3 Å². The van der Waals surface area contributed by atoms with Gasteiger partial charge in [-0.05, 0) is 49.2 Å². The maximum atomic E-state index is 13.2. The van der Waals surface area contributed by atoms with E-state index in [1.165, 1.54) is 7.11 Å². The first-order valence-corrected chi connectivity index (χ1v) is 11.2. The quantitative estimate of drug-likeness (QED) is 0.536. The van der Waals surface area contributed by atoms with Crippen LogP contribution in [0.25, 0.3) is 0 Å². The Morgan fingerprint density at radius 3 is 2.56 bits per heavy atom. The zero-order valence-corrected chi connectivity index (χ0v) is 19.3. The lowest BCUT2D eigenvalue weighted by Gasteiger charge is -2.36. The van der Waals surface area contributed by atoms with Crippen molar-refractivity contribution in [3.05, 3.63) is 95.1 Å². The van der Waals surface area contributed by atoms with Gasteiger partial charge in [0.25, 0.3) is 5.91 Å². The summed E-state index contributed by atoms with van der Waals surface area (Å²) in [6, 6.07) is 21.7. The molecule has 0 radical (unpaired) electrons. The standard InChI is InChI=1S/C27H27N3O4/c1-19-8-5-9-20(16-19)18-29-14-7-15-30(27(29)33)22-11-6-10-21(17-22)25(31)28-24-13-4-3-12-23(24)26(32)34-2/h3-6,8-13,16-17H,7,14-15,18H2,1-2H3,(H,28,31). The molecule has 7 nitrogen and oxygen atoms in total. The van der Waals surface area contributed by atoms with Crippen LogP contribution in [0.1, 0.15) is 38.3 Å². The summed E-state index contributed by atoms with van der Waals surface area (Å²) in [5.41, 5.74) is 3.93. The number of urea groups is 1. The molecular formula is C27H27N3O4. The monoisotopic (exact) mass is 457 g/mol. The van der Waals surface area contributed by atoms with Crippen LogP contribution < -0.4 is 10.2 Å². The predicted molar refractivity (Wildman–Crippen MR) is 131 cm³/mol. The molecular weight excluding hydrogens is 430 g/mol. The molecule has 1 fully saturated rings. The molecule has 3 aromatic carbocycles. The van der Waals surface area contributed by atoms with Crippen LogP contribution in [-0.4, -0.2) is 43.0 Å². The number of methoxy groups -OCH3 is 1. The molecule has 174 valence electrons. The first-order valence-electron chi connectivity index (χ1n) is 11.2. The highest BCUT2D eigenvalue weighted by Gasteiger charge is 2.27. The summed E-state index contributed by atoms with van der Waals surface area (Å²) in [6.07, 6.45) is 0.834. The van der Waals surface area contributed by atoms with Crippen LogP contribution in [0.15, 0.2) is 72.8 Å². The van der Waals surface area contributed by atoms with Crippen molar-refractivity contribution in [3.8, 4) is 0 Å². The van der Waals surface area contributed by atoms with Gasteiger partial charge in [0.05, 0.1) is 18.4 Å². The zero-order chi connectivity index (χ0) is 24.1. The second-order valence-corrected chi connectivity index (χ2v) is 8.24. The number of anilines is 2. The van der Waals surface area contributed by atoms with E-state index < -0.39 is 5.97 Å². The van der Waals surface area contributed by atoms with Crippen molar-refractivity contribution in [2.24, 2.45) is 0 Å². The Bertz CT molecular complexity index is 1220. The predicted octanol–water partition coefficient (Wildman–Crippen LogP) is 4.87. The minimum absolute atomic E-state index is 0.0821. The minimum atomic E-state index is -0.530. The fourth-order valence-electron chi connectivity index (χ4n) is 4.09. The molecule has 0 aliphatic carbocycles. The van der Waals surface area contributed by atoms with E-state index in [0.29, 0.717) is 36.6 Å². The molecule has 0 bridgehead atoms. The van der Waals surface area contributed by atoms with Crippen LogP contribution in [0.2, 0.25) is 0 Å². The second kappa shape index (κ2) is 10.2. The Kier molecular flexibility index (Phi) is 6.92. The van der Waals surface area contributed by atoms with Crippen molar-refractivity contribution < 1.29 is 19.1 Å². The van der Waals surface area contributed by atoms with Gasteiger partial charge < -0.3 is 15.0 Å². The number of nitrogens with one attached hydrogen (secondary N) is 1. The molecule has 0 saturated carbocycles. The Labute approximate surface area is 198 Å². The van der Waals surface area contributed by atoms with Crippen molar-refractivity contribution in [3.63, 3.8) is 0 Å². The van der Waals surface area contributed by atoms with Gasteiger partial charge in [-0.3, -0.25) is 9.69 Å². The Morgan fingerprint density at radius 2 is 1.76 bits per heavy atom. The third-order valence-corrected chi connectivity index (χ3v) is 5.77. The second-order valence-electron chi connectivity index (χ2n) is 8.24. The molecule has 34 heavy (non-hydrogen) atoms. The van der Waals surface area contributed by atoms with E-state index in [4.69, 9.17) is 4.74 Å². The number of para-hydroxylation sites is 1. The smallest absolute Gasteiger partial charge is 0.339 e. The topological polar surface area (TPSA) is 79.0 Å². The van der Waals surface area contributed by atoms with Crippen LogP contribution in [0.3, 0.4) is 0 Å². The summed E-state index contributed by atoms with van der Waals surface area (Å²) in [5.74, 6) is -0.906. The van der Waals surface area contributed by atoms with Crippen LogP contribution in [0, 0.1) is 6.92 Å². The maximum absolute atomic E-state index is 13.2. The van der Waals surface area contributed by atoms with Crippen molar-refractivity contribution in [2.75, 3.05) is 30.4 Å². The summed E-state index contributed by atoms with van der Waals surface area (Å²) in [4.78, 5) is 41.7. The van der Waals surface area contributed by atoms with Gasteiger partial charge in [-0.2, -0.15) is 0 Å². The maximum Gasteiger partial charge on any atom is 0.339 e. The van der Waals surface area contributed by atoms with E-state index in [1.807, 2.05) is 36.1 Å². The average molecular weight is 458 g/mol. The van der Waals surface area contributed by atoms with E-state index in [9.17, 15) is 14.4 Å². The van der Waals surface area contributed by atoms with E-state index >= 15 is 0 Å². The largest absolute Gasteiger partial charge is 0.465 e. The minimum Gasteiger partial charge on any atom is -0.465 e. The van der Waals surface area contributed by atoms with Gasteiger partial charge in [0.15, 0.2) is 0 Å². The van der Waals surface area contributed by atoms with Gasteiger partial charge in [-0.15, -0.1) is 0 Å². The van der Waals surface area contributed by atoms with Gasteiger partial charge in [0.2, 0.25) is 0 Å². The number of rotatable bonds is 6. The molecule has 0 atom stereocenters. The number of nitrogens with zero attached hydrogens (tertiary/aromatic N) is 2. The van der Waals surface area contributed by atoms with Gasteiger partial charge >= 0.3 is 12.0 Å². The molecule has 1 saturated heterocycles. The normalized spacial score (nSPS) is 13.5. The zero-order valence-electron chi connectivity index (χ0n) is 19.3. The number of esters is 1. The summed E-state index contributed by atoms with van der Waals surface area (Å²) in [7, 11) is 1.29. The summed E-state index contributed by atoms with van der Waals surface area (Å²) < 4.78 is 4.79. The third kappa shape index (κ3) is 5.09. The van der Waals surface area contributed by atoms with Crippen LogP contribution in [0.5, 0.6) is 0 Å². The molecule has 0 aromatic heterocycles. The van der Waals surface area contributed by atoms with Gasteiger partial charge in [-0.25, -0.2) is 9.59 Å². The van der Waals surface area contributed by atoms with Crippen molar-refractivity contribution in [2.45, 2.75) is 19.9 Å². The number of aryl methyl sites for hydroxylation is 1. The lowest BCUT2D eigenvalue weighted by atomic mass is 10.1. The SMILES string of the molecule is COC(=O)c1ccccc1NC(=O)c1cccc(N2CCCN(Cc3cccc(C)c3)C2=O)c1. The number of benzene rings is 3.